The first-order valence-electron chi connectivity index (χ1n) is 1.60. The van der Waals surface area contributed by atoms with Crippen LogP contribution in [0.2, 0.25) is 0 Å². The second-order valence-corrected chi connectivity index (χ2v) is 0.848. The summed E-state index contributed by atoms with van der Waals surface area (Å²) in [6.07, 6.45) is 0. The summed E-state index contributed by atoms with van der Waals surface area (Å²) in [5, 5.41) is 7.60. The largest absolute Gasteiger partial charge is 1.00 e. The van der Waals surface area contributed by atoms with Crippen molar-refractivity contribution < 1.29 is 48.9 Å². The van der Waals surface area contributed by atoms with Gasteiger partial charge >= 0.3 is 35.5 Å². The second-order valence-electron chi connectivity index (χ2n) is 0.681. The summed E-state index contributed by atoms with van der Waals surface area (Å²) in [5.74, 6) is -0.968. The summed E-state index contributed by atoms with van der Waals surface area (Å²) < 4.78 is 8.40. The van der Waals surface area contributed by atoms with E-state index in [1.807, 2.05) is 0 Å². The molecule has 9 heavy (non-hydrogen) atoms. The van der Waals surface area contributed by atoms with E-state index < -0.39 is 14.7 Å². The maximum atomic E-state index is 9.24. The Kier molecular flexibility index (Phi) is 28.5. The van der Waals surface area contributed by atoms with E-state index >= 15 is 0 Å². The number of carbonyl (C=O) groups is 1. The fourth-order valence-corrected chi connectivity index (χ4v) is 0. The van der Waals surface area contributed by atoms with Crippen molar-refractivity contribution in [2.75, 3.05) is 6.54 Å². The van der Waals surface area contributed by atoms with Gasteiger partial charge in [0.25, 0.3) is 8.69 Å². The van der Waals surface area contributed by atoms with Gasteiger partial charge in [-0.05, 0) is 0 Å². The molecular formula is C2H6NNaO4P+. The summed E-state index contributed by atoms with van der Waals surface area (Å²) in [4.78, 5) is 17.6. The first-order chi connectivity index (χ1) is 3.68. The van der Waals surface area contributed by atoms with Gasteiger partial charge in [-0.1, -0.05) is 4.57 Å². The number of hydrogen-bond acceptors (Lipinski definition) is 4. The zero-order chi connectivity index (χ0) is 6.99. The van der Waals surface area contributed by atoms with Crippen LogP contribution in [-0.4, -0.2) is 17.6 Å². The van der Waals surface area contributed by atoms with Crippen LogP contribution in [0.15, 0.2) is 0 Å². The van der Waals surface area contributed by atoms with Crippen molar-refractivity contribution in [1.29, 1.82) is 0 Å². The zero-order valence-corrected chi connectivity index (χ0v) is 7.96. The van der Waals surface area contributed by atoms with E-state index in [1.165, 1.54) is 0 Å². The standard InChI is InChI=1S/C2H5NO2.Na.HO2P/c3-1-2(4)5;;1-3-2/h1,3H2,(H,4,5);;3H/q;+1;. The van der Waals surface area contributed by atoms with Gasteiger partial charge in [-0.15, -0.1) is 0 Å². The molecule has 5 nitrogen and oxygen atoms in total. The Morgan fingerprint density at radius 3 is 1.89 bits per heavy atom. The molecule has 0 saturated heterocycles. The molecule has 48 valence electrons. The molecule has 0 heterocycles. The maximum absolute atomic E-state index is 9.24. The summed E-state index contributed by atoms with van der Waals surface area (Å²) >= 11 is 0. The molecule has 0 aliphatic carbocycles. The molecule has 0 rings (SSSR count). The molecular weight excluding hydrogens is 156 g/mol. The smallest absolute Gasteiger partial charge is 0.597 e. The molecule has 0 aliphatic rings. The van der Waals surface area contributed by atoms with Crippen LogP contribution in [0, 0.1) is 0 Å². The monoisotopic (exact) mass is 162 g/mol. The van der Waals surface area contributed by atoms with Crippen molar-refractivity contribution >= 4 is 14.7 Å². The number of hydrogen-bond donors (Lipinski definition) is 2. The first-order valence-corrected chi connectivity index (χ1v) is 2.41. The van der Waals surface area contributed by atoms with Crippen LogP contribution in [0.25, 0.3) is 0 Å². The predicted octanol–water partition coefficient (Wildman–Crippen LogP) is -4.68. The van der Waals surface area contributed by atoms with Crippen LogP contribution in [0.4, 0.5) is 0 Å². The van der Waals surface area contributed by atoms with Gasteiger partial charge < -0.3 is 15.7 Å². The first kappa shape index (κ1) is 16.2. The van der Waals surface area contributed by atoms with Gasteiger partial charge in [0.2, 0.25) is 0 Å². The minimum atomic E-state index is -1.42. The molecule has 1 unspecified atom stereocenters. The van der Waals surface area contributed by atoms with Crippen molar-refractivity contribution in [2.24, 2.45) is 5.73 Å². The molecule has 0 aromatic heterocycles. The molecule has 7 heteroatoms. The van der Waals surface area contributed by atoms with E-state index in [4.69, 9.17) is 14.6 Å². The summed E-state index contributed by atoms with van der Waals surface area (Å²) in [6, 6.07) is 0. The Balaban J connectivity index is -0.0000000800. The summed E-state index contributed by atoms with van der Waals surface area (Å²) in [6.45, 7) is -0.278. The van der Waals surface area contributed by atoms with Crippen molar-refractivity contribution in [3.05, 3.63) is 0 Å². The van der Waals surface area contributed by atoms with Gasteiger partial charge in [0.1, 0.15) is 0 Å². The molecule has 0 aromatic carbocycles. The molecule has 0 radical (unpaired) electrons. The third kappa shape index (κ3) is 57.7. The molecule has 0 fully saturated rings. The normalized spacial score (nSPS) is 6.44. The van der Waals surface area contributed by atoms with E-state index in [1.54, 1.807) is 0 Å². The van der Waals surface area contributed by atoms with Crippen LogP contribution in [-0.2, 0) is 9.36 Å². The number of nitrogens with two attached hydrogens (primary N) is 1. The van der Waals surface area contributed by atoms with Gasteiger partial charge in [0.05, 0.1) is 6.54 Å². The Labute approximate surface area is 75.8 Å². The van der Waals surface area contributed by atoms with E-state index in [0.29, 0.717) is 0 Å². The van der Waals surface area contributed by atoms with Crippen molar-refractivity contribution in [3.63, 3.8) is 0 Å². The number of rotatable bonds is 1. The topological polar surface area (TPSA) is 103 Å². The molecule has 0 saturated carbocycles. The molecule has 1 atom stereocenters. The van der Waals surface area contributed by atoms with Gasteiger partial charge in [0.15, 0.2) is 0 Å². The van der Waals surface area contributed by atoms with E-state index in [-0.39, 0.29) is 36.1 Å². The number of carboxylic acids is 1. The summed E-state index contributed by atoms with van der Waals surface area (Å²) in [5.41, 5.74) is 4.57. The van der Waals surface area contributed by atoms with Crippen molar-refractivity contribution in [2.45, 2.75) is 0 Å². The fourth-order valence-electron chi connectivity index (χ4n) is 0. The molecule has 0 bridgehead atoms. The third-order valence-electron chi connectivity index (χ3n) is 0.175. The van der Waals surface area contributed by atoms with Gasteiger partial charge in [-0.25, -0.2) is 0 Å². The maximum Gasteiger partial charge on any atom is 1.00 e. The zero-order valence-electron chi connectivity index (χ0n) is 4.96. The second kappa shape index (κ2) is 15.8. The molecule has 3 N–H and O–H groups in total. The minimum absolute atomic E-state index is 0. The molecule has 0 aromatic rings. The predicted molar refractivity (Wildman–Crippen MR) is 25.7 cm³/mol. The average molecular weight is 162 g/mol. The van der Waals surface area contributed by atoms with Gasteiger partial charge in [-0.3, -0.25) is 4.79 Å². The van der Waals surface area contributed by atoms with E-state index in [0.717, 1.165) is 0 Å². The van der Waals surface area contributed by atoms with Crippen molar-refractivity contribution in [3.8, 4) is 0 Å². The van der Waals surface area contributed by atoms with Crippen LogP contribution in [0.1, 0.15) is 0 Å². The van der Waals surface area contributed by atoms with Crippen LogP contribution >= 0.6 is 8.69 Å². The van der Waals surface area contributed by atoms with E-state index in [2.05, 4.69) is 5.73 Å². The number of aliphatic carboxylic acids is 1. The third-order valence-corrected chi connectivity index (χ3v) is 0.175. The Morgan fingerprint density at radius 1 is 1.78 bits per heavy atom. The summed E-state index contributed by atoms with van der Waals surface area (Å²) in [7, 11) is -1.42. The van der Waals surface area contributed by atoms with E-state index in [9.17, 15) is 4.79 Å². The SMILES string of the molecule is NCC(=O)O.O=[PH+][O-].[Na+]. The average Bonchev–Trinajstić information content (AvgIpc) is 1.69. The quantitative estimate of drug-likeness (QED) is 0.298. The molecule has 0 spiro atoms. The Hall–Kier alpha value is 0.490. The van der Waals surface area contributed by atoms with Crippen LogP contribution in [0.5, 0.6) is 0 Å². The Morgan fingerprint density at radius 2 is 1.89 bits per heavy atom. The van der Waals surface area contributed by atoms with Crippen molar-refractivity contribution in [1.82, 2.24) is 0 Å². The molecule has 0 amide bonds. The van der Waals surface area contributed by atoms with Gasteiger partial charge in [-0.2, -0.15) is 0 Å². The minimum Gasteiger partial charge on any atom is -0.597 e. The van der Waals surface area contributed by atoms with Crippen LogP contribution < -0.4 is 40.2 Å². The van der Waals surface area contributed by atoms with Crippen LogP contribution in [0.3, 0.4) is 0 Å². The Bertz CT molecular complexity index is 79.0. The fraction of sp³-hybridized carbons (Fsp3) is 0.500. The number of carboxylic acid groups (broad SMARTS) is 1. The van der Waals surface area contributed by atoms with Gasteiger partial charge in [0, 0.05) is 0 Å². The molecule has 0 aliphatic heterocycles.